The Balaban J connectivity index is 1.90. The van der Waals surface area contributed by atoms with Crippen molar-refractivity contribution in [2.75, 3.05) is 6.26 Å². The molecule has 6 heteroatoms. The molecule has 2 aromatic carbocycles. The Morgan fingerprint density at radius 2 is 1.80 bits per heavy atom. The molecule has 0 heterocycles. The molecule has 4 nitrogen and oxygen atoms in total. The molecule has 0 aliphatic heterocycles. The Kier molecular flexibility index (Phi) is 7.15. The van der Waals surface area contributed by atoms with Gasteiger partial charge in [-0.3, -0.25) is 4.99 Å². The molecule has 134 valence electrons. The van der Waals surface area contributed by atoms with Crippen molar-refractivity contribution in [3.8, 4) is 0 Å². The maximum atomic E-state index is 11.5. The molecule has 0 saturated heterocycles. The van der Waals surface area contributed by atoms with E-state index in [1.54, 1.807) is 18.3 Å². The second kappa shape index (κ2) is 8.91. The molecule has 0 amide bonds. The number of sulfone groups is 1. The van der Waals surface area contributed by atoms with Crippen LogP contribution in [0.4, 0.5) is 0 Å². The first-order valence-electron chi connectivity index (χ1n) is 8.02. The van der Waals surface area contributed by atoms with Crippen LogP contribution in [0.25, 0.3) is 0 Å². The molecule has 0 aliphatic carbocycles. The van der Waals surface area contributed by atoms with Crippen LogP contribution >= 0.6 is 22.6 Å². The van der Waals surface area contributed by atoms with E-state index in [9.17, 15) is 13.5 Å². The fourth-order valence-electron chi connectivity index (χ4n) is 2.38. The highest BCUT2D eigenvalue weighted by Crippen LogP contribution is 2.19. The lowest BCUT2D eigenvalue weighted by Crippen LogP contribution is -2.06. The predicted molar refractivity (Wildman–Crippen MR) is 110 cm³/mol. The van der Waals surface area contributed by atoms with Gasteiger partial charge in [0.05, 0.1) is 4.90 Å². The van der Waals surface area contributed by atoms with E-state index in [0.29, 0.717) is 4.90 Å². The monoisotopic (exact) mass is 471 g/mol. The van der Waals surface area contributed by atoms with Gasteiger partial charge in [-0.1, -0.05) is 30.3 Å². The second-order valence-electron chi connectivity index (χ2n) is 6.07. The minimum Gasteiger partial charge on any atom is -0.383 e. The largest absolute Gasteiger partial charge is 0.383 e. The van der Waals surface area contributed by atoms with E-state index in [1.165, 1.54) is 6.26 Å². The summed E-state index contributed by atoms with van der Waals surface area (Å²) in [6.45, 7) is 2.00. The van der Waals surface area contributed by atoms with Crippen molar-refractivity contribution in [2.45, 2.75) is 36.8 Å². The molecule has 1 N–H and O–H groups in total. The molecule has 0 aliphatic rings. The van der Waals surface area contributed by atoms with Crippen LogP contribution in [0.1, 0.15) is 30.6 Å². The average Bonchev–Trinajstić information content (AvgIpc) is 2.58. The quantitative estimate of drug-likeness (QED) is 0.493. The molecule has 2 rings (SSSR count). The van der Waals surface area contributed by atoms with Crippen molar-refractivity contribution in [1.82, 2.24) is 0 Å². The molecule has 0 bridgehead atoms. The van der Waals surface area contributed by atoms with Gasteiger partial charge in [0.25, 0.3) is 0 Å². The molecule has 0 saturated carbocycles. The summed E-state index contributed by atoms with van der Waals surface area (Å²) in [5.41, 5.74) is 1.93. The molecule has 0 radical (unpaired) electrons. The number of aryl methyl sites for hydroxylation is 1. The van der Waals surface area contributed by atoms with Crippen LogP contribution in [0.15, 0.2) is 58.4 Å². The van der Waals surface area contributed by atoms with Crippen LogP contribution in [-0.2, 0) is 16.3 Å². The third-order valence-electron chi connectivity index (χ3n) is 3.91. The Morgan fingerprint density at radius 1 is 1.16 bits per heavy atom. The number of hydrogen-bond acceptors (Lipinski definition) is 4. The Hall–Kier alpha value is -1.25. The summed E-state index contributed by atoms with van der Waals surface area (Å²) < 4.78 is 23.9. The molecule has 0 fully saturated rings. The number of aliphatic imine (C=N–C) groups is 1. The zero-order valence-electron chi connectivity index (χ0n) is 14.3. The van der Waals surface area contributed by atoms with E-state index >= 15 is 0 Å². The maximum absolute atomic E-state index is 11.5. The predicted octanol–water partition coefficient (Wildman–Crippen LogP) is 3.82. The van der Waals surface area contributed by atoms with E-state index in [1.807, 2.05) is 43.3 Å². The van der Waals surface area contributed by atoms with Crippen molar-refractivity contribution in [2.24, 2.45) is 4.99 Å². The number of nitrogens with zero attached hydrogens (tertiary/aromatic N) is 1. The molecule has 0 spiro atoms. The number of rotatable bonds is 7. The van der Waals surface area contributed by atoms with Gasteiger partial charge in [0.1, 0.15) is 6.10 Å². The highest BCUT2D eigenvalue weighted by Gasteiger charge is 2.09. The molecule has 25 heavy (non-hydrogen) atoms. The van der Waals surface area contributed by atoms with Crippen LogP contribution in [-0.4, -0.2) is 32.0 Å². The van der Waals surface area contributed by atoms with Crippen molar-refractivity contribution in [1.29, 1.82) is 0 Å². The fraction of sp³-hybridized carbons (Fsp3) is 0.316. The normalized spacial score (nSPS) is 14.6. The third kappa shape index (κ3) is 6.20. The van der Waals surface area contributed by atoms with Crippen molar-refractivity contribution >= 4 is 38.6 Å². The molecule has 2 unspecified atom stereocenters. The maximum Gasteiger partial charge on any atom is 0.175 e. The minimum absolute atomic E-state index is 0.0746. The van der Waals surface area contributed by atoms with Crippen LogP contribution in [0.3, 0.4) is 0 Å². The summed E-state index contributed by atoms with van der Waals surface area (Å²) in [4.78, 5) is 4.78. The van der Waals surface area contributed by atoms with Gasteiger partial charge in [-0.2, -0.15) is 0 Å². The number of hydrogen-bond donors (Lipinski definition) is 1. The van der Waals surface area contributed by atoms with E-state index in [0.717, 1.165) is 27.5 Å². The molecular weight excluding hydrogens is 449 g/mol. The summed E-state index contributed by atoms with van der Waals surface area (Å²) in [5.74, 6) is 0. The van der Waals surface area contributed by atoms with Crippen molar-refractivity contribution in [3.05, 3.63) is 63.2 Å². The Bertz CT molecular complexity index is 832. The van der Waals surface area contributed by atoms with E-state index in [-0.39, 0.29) is 6.04 Å². The first kappa shape index (κ1) is 20.1. The molecule has 2 aromatic rings. The number of aliphatic hydroxyl groups excluding tert-OH is 1. The first-order chi connectivity index (χ1) is 11.8. The van der Waals surface area contributed by atoms with Crippen LogP contribution < -0.4 is 0 Å². The van der Waals surface area contributed by atoms with Gasteiger partial charge < -0.3 is 5.11 Å². The van der Waals surface area contributed by atoms with Gasteiger partial charge in [0, 0.05) is 22.1 Å². The van der Waals surface area contributed by atoms with Gasteiger partial charge in [-0.15, -0.1) is 0 Å². The smallest absolute Gasteiger partial charge is 0.175 e. The lowest BCUT2D eigenvalue weighted by molar-refractivity contribution is 0.251. The summed E-state index contributed by atoms with van der Waals surface area (Å²) in [6, 6.07) is 14.7. The topological polar surface area (TPSA) is 66.7 Å². The summed E-state index contributed by atoms with van der Waals surface area (Å²) in [5, 5.41) is 10.2. The van der Waals surface area contributed by atoms with Crippen molar-refractivity contribution in [3.63, 3.8) is 0 Å². The van der Waals surface area contributed by atoms with E-state index in [4.69, 9.17) is 0 Å². The number of halogens is 1. The third-order valence-corrected chi connectivity index (χ3v) is 6.02. The molecular formula is C19H22INO3S. The summed E-state index contributed by atoms with van der Waals surface area (Å²) in [6.07, 6.45) is 3.73. The fourth-order valence-corrected chi connectivity index (χ4v) is 3.71. The Morgan fingerprint density at radius 3 is 2.40 bits per heavy atom. The van der Waals surface area contributed by atoms with E-state index < -0.39 is 15.9 Å². The lowest BCUT2D eigenvalue weighted by Gasteiger charge is -2.10. The van der Waals surface area contributed by atoms with Gasteiger partial charge in [-0.25, -0.2) is 8.42 Å². The molecule has 2 atom stereocenters. The highest BCUT2D eigenvalue weighted by molar-refractivity contribution is 14.1. The van der Waals surface area contributed by atoms with Crippen LogP contribution in [0.2, 0.25) is 0 Å². The van der Waals surface area contributed by atoms with Crippen LogP contribution in [0.5, 0.6) is 0 Å². The number of benzene rings is 2. The SMILES string of the molecule is CC(CCc1ccc(S(C)(=O)=O)cc1)N=CC(O)c1ccccc1I. The van der Waals surface area contributed by atoms with Gasteiger partial charge in [-0.05, 0) is 71.7 Å². The summed E-state index contributed by atoms with van der Waals surface area (Å²) >= 11 is 2.20. The Labute approximate surface area is 163 Å². The second-order valence-corrected chi connectivity index (χ2v) is 9.25. The first-order valence-corrected chi connectivity index (χ1v) is 11.0. The van der Waals surface area contributed by atoms with Gasteiger partial charge in [0.15, 0.2) is 9.84 Å². The zero-order valence-corrected chi connectivity index (χ0v) is 17.2. The molecule has 0 aromatic heterocycles. The van der Waals surface area contributed by atoms with Crippen molar-refractivity contribution < 1.29 is 13.5 Å². The van der Waals surface area contributed by atoms with E-state index in [2.05, 4.69) is 27.6 Å². The average molecular weight is 471 g/mol. The lowest BCUT2D eigenvalue weighted by atomic mass is 10.1. The standard InChI is InChI=1S/C19H22INO3S/c1-14(21-13-19(22)17-5-3-4-6-18(17)20)7-8-15-9-11-16(12-10-15)25(2,23)24/h3-6,9-14,19,22H,7-8H2,1-2H3. The summed E-state index contributed by atoms with van der Waals surface area (Å²) in [7, 11) is -3.15. The number of aliphatic hydroxyl groups is 1. The zero-order chi connectivity index (χ0) is 18.4. The van der Waals surface area contributed by atoms with Gasteiger partial charge >= 0.3 is 0 Å². The highest BCUT2D eigenvalue weighted by atomic mass is 127. The van der Waals surface area contributed by atoms with Gasteiger partial charge in [0.2, 0.25) is 0 Å². The minimum atomic E-state index is -3.15. The van der Waals surface area contributed by atoms with Crippen LogP contribution in [0, 0.1) is 3.57 Å².